The molecule has 0 aromatic heterocycles. The van der Waals surface area contributed by atoms with E-state index in [0.29, 0.717) is 6.61 Å². The van der Waals surface area contributed by atoms with Crippen LogP contribution in [0.4, 0.5) is 0 Å². The minimum atomic E-state index is -0.821. The summed E-state index contributed by atoms with van der Waals surface area (Å²) in [6.45, 7) is 6.86. The first-order valence-corrected chi connectivity index (χ1v) is 7.20. The third kappa shape index (κ3) is 7.98. The Morgan fingerprint density at radius 3 is 2.38 bits per heavy atom. The van der Waals surface area contributed by atoms with Gasteiger partial charge in [0.2, 0.25) is 0 Å². The van der Waals surface area contributed by atoms with Crippen LogP contribution in [0.2, 0.25) is 0 Å². The molecule has 21 heavy (non-hydrogen) atoms. The number of allylic oxidation sites excluding steroid dienone is 3. The highest BCUT2D eigenvalue weighted by molar-refractivity contribution is 5.70. The molecule has 1 aromatic rings. The number of carboxylic acid groups (broad SMARTS) is 1. The van der Waals surface area contributed by atoms with Crippen LogP contribution in [0.5, 0.6) is 5.75 Å². The van der Waals surface area contributed by atoms with Crippen LogP contribution in [-0.4, -0.2) is 17.7 Å². The number of benzene rings is 1. The fourth-order valence-corrected chi connectivity index (χ4v) is 1.85. The first-order valence-electron chi connectivity index (χ1n) is 7.20. The van der Waals surface area contributed by atoms with Crippen molar-refractivity contribution in [2.24, 2.45) is 0 Å². The molecule has 0 aliphatic carbocycles. The SMILES string of the molecule is CC(C)=CCC/C(C)=C/COc1ccc(CC(=O)O)cc1. The molecule has 0 heterocycles. The van der Waals surface area contributed by atoms with E-state index in [4.69, 9.17) is 9.84 Å². The van der Waals surface area contributed by atoms with Crippen molar-refractivity contribution in [3.63, 3.8) is 0 Å². The van der Waals surface area contributed by atoms with Crippen molar-refractivity contribution in [2.75, 3.05) is 6.61 Å². The van der Waals surface area contributed by atoms with Gasteiger partial charge in [-0.3, -0.25) is 4.79 Å². The maximum atomic E-state index is 10.6. The maximum absolute atomic E-state index is 10.6. The first-order chi connectivity index (χ1) is 9.97. The summed E-state index contributed by atoms with van der Waals surface area (Å²) in [5, 5.41) is 8.70. The van der Waals surface area contributed by atoms with Gasteiger partial charge in [0.25, 0.3) is 0 Å². The molecule has 0 aliphatic heterocycles. The Kier molecular flexibility index (Phi) is 7.30. The third-order valence-corrected chi connectivity index (χ3v) is 3.05. The molecule has 0 saturated heterocycles. The second-order valence-corrected chi connectivity index (χ2v) is 5.40. The van der Waals surface area contributed by atoms with Gasteiger partial charge in [-0.1, -0.05) is 29.4 Å². The van der Waals surface area contributed by atoms with Crippen molar-refractivity contribution in [3.05, 3.63) is 53.1 Å². The lowest BCUT2D eigenvalue weighted by Gasteiger charge is -2.05. The lowest BCUT2D eigenvalue weighted by Crippen LogP contribution is -2.00. The van der Waals surface area contributed by atoms with E-state index in [1.54, 1.807) is 12.1 Å². The van der Waals surface area contributed by atoms with Crippen molar-refractivity contribution in [1.29, 1.82) is 0 Å². The van der Waals surface area contributed by atoms with Gasteiger partial charge in [-0.2, -0.15) is 0 Å². The molecule has 114 valence electrons. The van der Waals surface area contributed by atoms with Gasteiger partial charge in [0.15, 0.2) is 0 Å². The summed E-state index contributed by atoms with van der Waals surface area (Å²) in [5.74, 6) is -0.0592. The van der Waals surface area contributed by atoms with Gasteiger partial charge in [-0.15, -0.1) is 0 Å². The predicted molar refractivity (Wildman–Crippen MR) is 85.7 cm³/mol. The molecular weight excluding hydrogens is 264 g/mol. The van der Waals surface area contributed by atoms with Crippen molar-refractivity contribution >= 4 is 5.97 Å². The second-order valence-electron chi connectivity index (χ2n) is 5.40. The lowest BCUT2D eigenvalue weighted by molar-refractivity contribution is -0.136. The van der Waals surface area contributed by atoms with Crippen LogP contribution in [0.15, 0.2) is 47.6 Å². The zero-order valence-corrected chi connectivity index (χ0v) is 13.1. The zero-order chi connectivity index (χ0) is 15.7. The molecule has 0 saturated carbocycles. The highest BCUT2D eigenvalue weighted by atomic mass is 16.5. The Balaban J connectivity index is 2.37. The number of ether oxygens (including phenoxy) is 1. The van der Waals surface area contributed by atoms with E-state index < -0.39 is 5.97 Å². The topological polar surface area (TPSA) is 46.5 Å². The summed E-state index contributed by atoms with van der Waals surface area (Å²) in [7, 11) is 0. The maximum Gasteiger partial charge on any atom is 0.307 e. The first kappa shape index (κ1) is 17.0. The quantitative estimate of drug-likeness (QED) is 0.722. The van der Waals surface area contributed by atoms with Crippen LogP contribution in [0.3, 0.4) is 0 Å². The molecule has 0 fully saturated rings. The van der Waals surface area contributed by atoms with Gasteiger partial charge >= 0.3 is 5.97 Å². The van der Waals surface area contributed by atoms with E-state index >= 15 is 0 Å². The molecule has 0 atom stereocenters. The van der Waals surface area contributed by atoms with E-state index in [1.165, 1.54) is 11.1 Å². The Morgan fingerprint density at radius 1 is 1.14 bits per heavy atom. The molecular formula is C18H24O3. The van der Waals surface area contributed by atoms with E-state index in [9.17, 15) is 4.79 Å². The van der Waals surface area contributed by atoms with E-state index in [-0.39, 0.29) is 6.42 Å². The zero-order valence-electron chi connectivity index (χ0n) is 13.1. The molecule has 0 spiro atoms. The molecule has 1 N–H and O–H groups in total. The highest BCUT2D eigenvalue weighted by Gasteiger charge is 2.00. The molecule has 0 bridgehead atoms. The van der Waals surface area contributed by atoms with Crippen LogP contribution >= 0.6 is 0 Å². The molecule has 0 amide bonds. The number of carbonyl (C=O) groups is 1. The van der Waals surface area contributed by atoms with E-state index in [0.717, 1.165) is 24.2 Å². The molecule has 0 radical (unpaired) electrons. The monoisotopic (exact) mass is 288 g/mol. The van der Waals surface area contributed by atoms with Crippen molar-refractivity contribution in [1.82, 2.24) is 0 Å². The molecule has 1 rings (SSSR count). The summed E-state index contributed by atoms with van der Waals surface area (Å²) in [4.78, 5) is 10.6. The van der Waals surface area contributed by atoms with E-state index in [1.807, 2.05) is 12.1 Å². The Morgan fingerprint density at radius 2 is 1.81 bits per heavy atom. The van der Waals surface area contributed by atoms with Gasteiger partial charge in [0.1, 0.15) is 12.4 Å². The Labute approximate surface area is 127 Å². The number of carboxylic acids is 1. The van der Waals surface area contributed by atoms with Crippen LogP contribution in [0, 0.1) is 0 Å². The number of hydrogen-bond acceptors (Lipinski definition) is 2. The number of aliphatic carboxylic acids is 1. The summed E-state index contributed by atoms with van der Waals surface area (Å²) in [6, 6.07) is 7.19. The van der Waals surface area contributed by atoms with Gasteiger partial charge in [0.05, 0.1) is 6.42 Å². The molecule has 3 nitrogen and oxygen atoms in total. The van der Waals surface area contributed by atoms with Crippen molar-refractivity contribution in [3.8, 4) is 5.75 Å². The smallest absolute Gasteiger partial charge is 0.307 e. The fourth-order valence-electron chi connectivity index (χ4n) is 1.85. The van der Waals surface area contributed by atoms with Gasteiger partial charge in [-0.25, -0.2) is 0 Å². The van der Waals surface area contributed by atoms with Crippen molar-refractivity contribution in [2.45, 2.75) is 40.0 Å². The summed E-state index contributed by atoms with van der Waals surface area (Å²) < 4.78 is 5.62. The second kappa shape index (κ2) is 9.01. The van der Waals surface area contributed by atoms with Gasteiger partial charge in [-0.05, 0) is 57.4 Å². The van der Waals surface area contributed by atoms with Crippen molar-refractivity contribution < 1.29 is 14.6 Å². The minimum Gasteiger partial charge on any atom is -0.490 e. The van der Waals surface area contributed by atoms with E-state index in [2.05, 4.69) is 32.9 Å². The molecule has 1 aromatic carbocycles. The third-order valence-electron chi connectivity index (χ3n) is 3.05. The van der Waals surface area contributed by atoms with Crippen LogP contribution in [0.1, 0.15) is 39.2 Å². The minimum absolute atomic E-state index is 0.0453. The standard InChI is InChI=1S/C18H24O3/c1-14(2)5-4-6-15(3)11-12-21-17-9-7-16(8-10-17)13-18(19)20/h5,7-11H,4,6,12-13H2,1-3H3,(H,19,20)/b15-11+. The Hall–Kier alpha value is -2.03. The normalized spacial score (nSPS) is 11.1. The summed E-state index contributed by atoms with van der Waals surface area (Å²) in [5.41, 5.74) is 3.44. The van der Waals surface area contributed by atoms with Gasteiger partial charge in [0, 0.05) is 0 Å². The number of hydrogen-bond donors (Lipinski definition) is 1. The largest absolute Gasteiger partial charge is 0.490 e. The molecule has 0 unspecified atom stereocenters. The van der Waals surface area contributed by atoms with Crippen LogP contribution in [0.25, 0.3) is 0 Å². The highest BCUT2D eigenvalue weighted by Crippen LogP contribution is 2.13. The number of rotatable bonds is 8. The molecule has 3 heteroatoms. The predicted octanol–water partition coefficient (Wildman–Crippen LogP) is 4.39. The average Bonchev–Trinajstić information content (AvgIpc) is 2.39. The van der Waals surface area contributed by atoms with Crippen LogP contribution in [-0.2, 0) is 11.2 Å². The summed E-state index contributed by atoms with van der Waals surface area (Å²) >= 11 is 0. The van der Waals surface area contributed by atoms with Crippen LogP contribution < -0.4 is 4.74 Å². The van der Waals surface area contributed by atoms with Gasteiger partial charge < -0.3 is 9.84 Å². The molecule has 0 aliphatic rings. The fraction of sp³-hybridized carbons (Fsp3) is 0.389. The summed E-state index contributed by atoms with van der Waals surface area (Å²) in [6.07, 6.45) is 6.48. The average molecular weight is 288 g/mol. The Bertz CT molecular complexity index is 506. The lowest BCUT2D eigenvalue weighted by atomic mass is 10.1.